The highest BCUT2D eigenvalue weighted by Crippen LogP contribution is 2.36. The Kier molecular flexibility index (Phi) is 5.70. The maximum Gasteiger partial charge on any atom is 0.0541 e. The van der Waals surface area contributed by atoms with Crippen molar-refractivity contribution in [3.63, 3.8) is 0 Å². The van der Waals surface area contributed by atoms with Gasteiger partial charge in [-0.05, 0) is 64.7 Å². The Morgan fingerprint density at radius 2 is 1.19 bits per heavy atom. The van der Waals surface area contributed by atoms with Gasteiger partial charge in [-0.3, -0.25) is 0 Å². The van der Waals surface area contributed by atoms with Crippen LogP contribution in [0.2, 0.25) is 0 Å². The molecule has 36 heavy (non-hydrogen) atoms. The van der Waals surface area contributed by atoms with Gasteiger partial charge in [0.05, 0.1) is 11.0 Å². The molecule has 1 aromatic heterocycles. The van der Waals surface area contributed by atoms with Crippen LogP contribution in [-0.4, -0.2) is 4.57 Å². The summed E-state index contributed by atoms with van der Waals surface area (Å²) in [6.45, 7) is 3.77. The lowest BCUT2D eigenvalue weighted by Crippen LogP contribution is -1.96. The van der Waals surface area contributed by atoms with Crippen molar-refractivity contribution in [3.8, 4) is 39.8 Å². The smallest absolute Gasteiger partial charge is 0.0541 e. The third-order valence-electron chi connectivity index (χ3n) is 6.54. The SMILES string of the molecule is C=CCC#Cc1ccc2c(c1)c1ccccc1n2-c1cc(-c2ccccc2)cc(-c2ccccc2)c1. The fourth-order valence-electron chi connectivity index (χ4n) is 4.89. The Bertz CT molecular complexity index is 1700. The molecule has 1 nitrogen and oxygen atoms in total. The molecule has 6 rings (SSSR count). The summed E-state index contributed by atoms with van der Waals surface area (Å²) in [5.41, 5.74) is 9.34. The van der Waals surface area contributed by atoms with Crippen LogP contribution in [0, 0.1) is 11.8 Å². The second kappa shape index (κ2) is 9.45. The second-order valence-corrected chi connectivity index (χ2v) is 8.88. The highest BCUT2D eigenvalue weighted by atomic mass is 15.0. The lowest BCUT2D eigenvalue weighted by atomic mass is 9.98. The number of allylic oxidation sites excluding steroid dienone is 1. The van der Waals surface area contributed by atoms with Crippen molar-refractivity contribution in [2.75, 3.05) is 0 Å². The number of para-hydroxylation sites is 1. The van der Waals surface area contributed by atoms with Crippen molar-refractivity contribution in [1.82, 2.24) is 4.57 Å². The largest absolute Gasteiger partial charge is 0.309 e. The minimum Gasteiger partial charge on any atom is -0.309 e. The fourth-order valence-corrected chi connectivity index (χ4v) is 4.89. The van der Waals surface area contributed by atoms with E-state index >= 15 is 0 Å². The predicted octanol–water partition coefficient (Wildman–Crippen LogP) is 9.05. The second-order valence-electron chi connectivity index (χ2n) is 8.88. The van der Waals surface area contributed by atoms with Crippen LogP contribution < -0.4 is 0 Å². The molecule has 0 spiro atoms. The van der Waals surface area contributed by atoms with Crippen LogP contribution in [0.3, 0.4) is 0 Å². The first kappa shape index (κ1) is 21.7. The van der Waals surface area contributed by atoms with Crippen molar-refractivity contribution in [1.29, 1.82) is 0 Å². The number of nitrogens with zero attached hydrogens (tertiary/aromatic N) is 1. The third-order valence-corrected chi connectivity index (χ3v) is 6.54. The maximum atomic E-state index is 3.77. The van der Waals surface area contributed by atoms with E-state index in [1.165, 1.54) is 44.1 Å². The van der Waals surface area contributed by atoms with Crippen molar-refractivity contribution in [3.05, 3.63) is 140 Å². The number of benzene rings is 5. The molecule has 0 saturated heterocycles. The minimum atomic E-state index is 0.689. The van der Waals surface area contributed by atoms with Crippen molar-refractivity contribution in [2.24, 2.45) is 0 Å². The summed E-state index contributed by atoms with van der Waals surface area (Å²) in [6.07, 6.45) is 2.52. The van der Waals surface area contributed by atoms with Crippen LogP contribution in [0.1, 0.15) is 12.0 Å². The summed E-state index contributed by atoms with van der Waals surface area (Å²) in [6, 6.07) is 43.3. The van der Waals surface area contributed by atoms with Gasteiger partial charge in [0, 0.05) is 28.4 Å². The van der Waals surface area contributed by atoms with Crippen LogP contribution in [0.25, 0.3) is 49.7 Å². The molecule has 0 saturated carbocycles. The molecule has 0 aliphatic carbocycles. The first-order valence-corrected chi connectivity index (χ1v) is 12.2. The van der Waals surface area contributed by atoms with Gasteiger partial charge in [-0.15, -0.1) is 6.58 Å². The van der Waals surface area contributed by atoms with Crippen molar-refractivity contribution < 1.29 is 0 Å². The van der Waals surface area contributed by atoms with E-state index in [4.69, 9.17) is 0 Å². The van der Waals surface area contributed by atoms with Crippen LogP contribution in [0.15, 0.2) is 134 Å². The normalized spacial score (nSPS) is 10.8. The van der Waals surface area contributed by atoms with Gasteiger partial charge in [0.2, 0.25) is 0 Å². The minimum absolute atomic E-state index is 0.689. The third kappa shape index (κ3) is 4.00. The molecule has 6 aromatic rings. The first-order valence-electron chi connectivity index (χ1n) is 12.2. The molecule has 0 unspecified atom stereocenters. The summed E-state index contributed by atoms with van der Waals surface area (Å²) in [5.74, 6) is 6.46. The summed E-state index contributed by atoms with van der Waals surface area (Å²) in [4.78, 5) is 0. The molecule has 0 aliphatic rings. The summed E-state index contributed by atoms with van der Waals surface area (Å²) >= 11 is 0. The molecule has 0 bridgehead atoms. The molecular formula is C35H25N. The van der Waals surface area contributed by atoms with E-state index in [0.29, 0.717) is 6.42 Å². The molecule has 0 N–H and O–H groups in total. The van der Waals surface area contributed by atoms with E-state index in [1.54, 1.807) is 0 Å². The Hall–Kier alpha value is -4.80. The average Bonchev–Trinajstić information content (AvgIpc) is 3.28. The predicted molar refractivity (Wildman–Crippen MR) is 153 cm³/mol. The van der Waals surface area contributed by atoms with E-state index in [0.717, 1.165) is 11.3 Å². The molecule has 0 fully saturated rings. The standard InChI is InChI=1S/C35H25N/c1-2-3-6-13-26-20-21-35-33(22-26)32-18-11-12-19-34(32)36(35)31-24-29(27-14-7-4-8-15-27)23-30(25-31)28-16-9-5-10-17-28/h2,4-5,7-12,14-25H,1,3H2. The van der Waals surface area contributed by atoms with Crippen LogP contribution in [0.5, 0.6) is 0 Å². The molecule has 1 heterocycles. The van der Waals surface area contributed by atoms with Gasteiger partial charge in [0.1, 0.15) is 0 Å². The van der Waals surface area contributed by atoms with Crippen molar-refractivity contribution >= 4 is 21.8 Å². The zero-order valence-electron chi connectivity index (χ0n) is 20.0. The molecular weight excluding hydrogens is 434 g/mol. The van der Waals surface area contributed by atoms with Gasteiger partial charge in [0.15, 0.2) is 0 Å². The average molecular weight is 460 g/mol. The zero-order chi connectivity index (χ0) is 24.3. The molecule has 0 amide bonds. The van der Waals surface area contributed by atoms with Gasteiger partial charge < -0.3 is 4.57 Å². The number of hydrogen-bond donors (Lipinski definition) is 0. The Morgan fingerprint density at radius 3 is 1.86 bits per heavy atom. The summed E-state index contributed by atoms with van der Waals surface area (Å²) < 4.78 is 2.38. The Labute approximate surface area is 212 Å². The Morgan fingerprint density at radius 1 is 0.583 bits per heavy atom. The van der Waals surface area contributed by atoms with E-state index in [9.17, 15) is 0 Å². The van der Waals surface area contributed by atoms with Gasteiger partial charge in [-0.25, -0.2) is 0 Å². The molecule has 0 radical (unpaired) electrons. The van der Waals surface area contributed by atoms with Crippen molar-refractivity contribution in [2.45, 2.75) is 6.42 Å². The number of rotatable bonds is 4. The molecule has 0 atom stereocenters. The summed E-state index contributed by atoms with van der Waals surface area (Å²) in [5, 5.41) is 2.44. The number of hydrogen-bond acceptors (Lipinski definition) is 0. The highest BCUT2D eigenvalue weighted by molar-refractivity contribution is 6.09. The van der Waals surface area contributed by atoms with Gasteiger partial charge in [-0.1, -0.05) is 96.8 Å². The van der Waals surface area contributed by atoms with E-state index in [2.05, 4.69) is 144 Å². The van der Waals surface area contributed by atoms with Crippen LogP contribution in [-0.2, 0) is 0 Å². The number of fused-ring (bicyclic) bond motifs is 3. The van der Waals surface area contributed by atoms with E-state index in [-0.39, 0.29) is 0 Å². The summed E-state index contributed by atoms with van der Waals surface area (Å²) in [7, 11) is 0. The zero-order valence-corrected chi connectivity index (χ0v) is 20.0. The monoisotopic (exact) mass is 459 g/mol. The van der Waals surface area contributed by atoms with Crippen LogP contribution >= 0.6 is 0 Å². The lowest BCUT2D eigenvalue weighted by Gasteiger charge is -2.14. The molecule has 1 heteroatoms. The highest BCUT2D eigenvalue weighted by Gasteiger charge is 2.14. The lowest BCUT2D eigenvalue weighted by molar-refractivity contribution is 1.18. The molecule has 170 valence electrons. The molecule has 0 aliphatic heterocycles. The van der Waals surface area contributed by atoms with E-state index in [1.807, 2.05) is 6.08 Å². The van der Waals surface area contributed by atoms with E-state index < -0.39 is 0 Å². The van der Waals surface area contributed by atoms with Gasteiger partial charge in [-0.2, -0.15) is 0 Å². The topological polar surface area (TPSA) is 4.93 Å². The quantitative estimate of drug-likeness (QED) is 0.183. The first-order chi connectivity index (χ1) is 17.8. The number of aromatic nitrogens is 1. The van der Waals surface area contributed by atoms with Gasteiger partial charge >= 0.3 is 0 Å². The van der Waals surface area contributed by atoms with Crippen LogP contribution in [0.4, 0.5) is 0 Å². The molecule has 5 aromatic carbocycles. The maximum absolute atomic E-state index is 3.77. The fraction of sp³-hybridized carbons (Fsp3) is 0.0286. The Balaban J connectivity index is 1.63. The van der Waals surface area contributed by atoms with Gasteiger partial charge in [0.25, 0.3) is 0 Å².